The van der Waals surface area contributed by atoms with Crippen molar-refractivity contribution in [1.82, 2.24) is 10.2 Å². The van der Waals surface area contributed by atoms with Gasteiger partial charge in [0, 0.05) is 28.3 Å². The van der Waals surface area contributed by atoms with Crippen molar-refractivity contribution in [3.8, 4) is 0 Å². The van der Waals surface area contributed by atoms with Gasteiger partial charge in [0.25, 0.3) is 0 Å². The lowest BCUT2D eigenvalue weighted by Crippen LogP contribution is -1.91. The minimum atomic E-state index is 0.221. The highest BCUT2D eigenvalue weighted by Gasteiger charge is 2.03. The number of fused-ring (bicyclic) bond motifs is 1. The molecule has 4 N–H and O–H groups in total. The second kappa shape index (κ2) is 4.55. The van der Waals surface area contributed by atoms with E-state index < -0.39 is 0 Å². The van der Waals surface area contributed by atoms with Crippen molar-refractivity contribution in [3.05, 3.63) is 18.3 Å². The Kier molecular flexibility index (Phi) is 3.13. The second-order valence-electron chi connectivity index (χ2n) is 3.27. The maximum atomic E-state index is 8.69. The lowest BCUT2D eigenvalue weighted by atomic mass is 10.2. The minimum absolute atomic E-state index is 0.221. The van der Waals surface area contributed by atoms with Crippen LogP contribution in [0.5, 0.6) is 0 Å². The van der Waals surface area contributed by atoms with Gasteiger partial charge in [0.15, 0.2) is 0 Å². The molecular formula is C10H13N3OS. The Morgan fingerprint density at radius 2 is 2.33 bits per heavy atom. The number of nitrogens with one attached hydrogen (secondary N) is 1. The number of aromatic amines is 1. The third-order valence-corrected chi connectivity index (χ3v) is 3.29. The molecule has 0 radical (unpaired) electrons. The molecule has 0 saturated carbocycles. The predicted molar refractivity (Wildman–Crippen MR) is 62.9 cm³/mol. The Bertz CT molecular complexity index is 455. The van der Waals surface area contributed by atoms with Crippen LogP contribution < -0.4 is 5.73 Å². The Balaban J connectivity index is 2.22. The van der Waals surface area contributed by atoms with Gasteiger partial charge >= 0.3 is 0 Å². The molecule has 0 fully saturated rings. The van der Waals surface area contributed by atoms with Crippen LogP contribution in [0.4, 0.5) is 5.69 Å². The number of rotatable bonds is 4. The summed E-state index contributed by atoms with van der Waals surface area (Å²) in [6, 6.07) is 3.92. The molecule has 0 spiro atoms. The van der Waals surface area contributed by atoms with Crippen LogP contribution in [0.1, 0.15) is 6.42 Å². The summed E-state index contributed by atoms with van der Waals surface area (Å²) < 4.78 is 0. The molecule has 0 amide bonds. The summed E-state index contributed by atoms with van der Waals surface area (Å²) in [6.07, 6.45) is 2.54. The molecule has 2 rings (SSSR count). The van der Waals surface area contributed by atoms with E-state index in [9.17, 15) is 0 Å². The average Bonchev–Trinajstić information content (AvgIpc) is 2.65. The molecule has 0 aliphatic rings. The van der Waals surface area contributed by atoms with Crippen LogP contribution in [0.25, 0.3) is 10.9 Å². The highest BCUT2D eigenvalue weighted by atomic mass is 32.2. The lowest BCUT2D eigenvalue weighted by molar-refractivity contribution is 0.296. The first-order valence-corrected chi connectivity index (χ1v) is 5.76. The number of benzene rings is 1. The Hall–Kier alpha value is -1.20. The molecule has 1 aromatic heterocycles. The normalized spacial score (nSPS) is 11.0. The van der Waals surface area contributed by atoms with Gasteiger partial charge in [-0.15, -0.1) is 11.8 Å². The van der Waals surface area contributed by atoms with Crippen LogP contribution in [0.15, 0.2) is 23.2 Å². The molecular weight excluding hydrogens is 210 g/mol. The predicted octanol–water partition coefficient (Wildman–Crippen LogP) is 1.62. The molecule has 1 aromatic carbocycles. The van der Waals surface area contributed by atoms with Crippen molar-refractivity contribution < 1.29 is 5.11 Å². The zero-order valence-corrected chi connectivity index (χ0v) is 9.05. The zero-order valence-electron chi connectivity index (χ0n) is 8.23. The Labute approximate surface area is 91.9 Å². The maximum absolute atomic E-state index is 8.69. The molecule has 2 aromatic rings. The van der Waals surface area contributed by atoms with Gasteiger partial charge in [0.05, 0.1) is 11.7 Å². The first-order valence-electron chi connectivity index (χ1n) is 4.77. The molecule has 0 aliphatic carbocycles. The molecule has 0 saturated heterocycles. The van der Waals surface area contributed by atoms with Crippen LogP contribution in [-0.2, 0) is 0 Å². The van der Waals surface area contributed by atoms with Crippen LogP contribution in [-0.4, -0.2) is 27.7 Å². The average molecular weight is 223 g/mol. The fraction of sp³-hybridized carbons (Fsp3) is 0.300. The standard InChI is InChI=1S/C10H13N3OS/c11-8-4-7-6-12-13-9(7)5-10(8)15-3-1-2-14/h4-6,14H,1-3,11H2,(H,12,13). The summed E-state index contributed by atoms with van der Waals surface area (Å²) in [6.45, 7) is 0.221. The summed E-state index contributed by atoms with van der Waals surface area (Å²) in [5.74, 6) is 0.875. The van der Waals surface area contributed by atoms with Gasteiger partial charge < -0.3 is 10.8 Å². The fourth-order valence-corrected chi connectivity index (χ4v) is 2.28. The zero-order chi connectivity index (χ0) is 10.7. The van der Waals surface area contributed by atoms with Gasteiger partial charge in [0.2, 0.25) is 0 Å². The third kappa shape index (κ3) is 2.24. The number of aliphatic hydroxyl groups excluding tert-OH is 1. The minimum Gasteiger partial charge on any atom is -0.398 e. The van der Waals surface area contributed by atoms with Crippen LogP contribution >= 0.6 is 11.8 Å². The largest absolute Gasteiger partial charge is 0.398 e. The number of hydrogen-bond acceptors (Lipinski definition) is 4. The number of aliphatic hydroxyl groups is 1. The smallest absolute Gasteiger partial charge is 0.0662 e. The first-order chi connectivity index (χ1) is 7.31. The van der Waals surface area contributed by atoms with Gasteiger partial charge in [-0.2, -0.15) is 5.10 Å². The molecule has 5 heteroatoms. The summed E-state index contributed by atoms with van der Waals surface area (Å²) in [7, 11) is 0. The van der Waals surface area contributed by atoms with E-state index in [-0.39, 0.29) is 6.61 Å². The molecule has 1 heterocycles. The molecule has 0 atom stereocenters. The number of hydrogen-bond donors (Lipinski definition) is 3. The van der Waals surface area contributed by atoms with Crippen molar-refractivity contribution in [2.45, 2.75) is 11.3 Å². The van der Waals surface area contributed by atoms with Crippen molar-refractivity contribution in [3.63, 3.8) is 0 Å². The second-order valence-corrected chi connectivity index (χ2v) is 4.41. The summed E-state index contributed by atoms with van der Waals surface area (Å²) in [5, 5.41) is 16.6. The van der Waals surface area contributed by atoms with Crippen LogP contribution in [0.3, 0.4) is 0 Å². The fourth-order valence-electron chi connectivity index (χ4n) is 1.36. The monoisotopic (exact) mass is 223 g/mol. The van der Waals surface area contributed by atoms with Crippen molar-refractivity contribution in [2.24, 2.45) is 0 Å². The van der Waals surface area contributed by atoms with Crippen molar-refractivity contribution >= 4 is 28.4 Å². The van der Waals surface area contributed by atoms with Gasteiger partial charge in [-0.1, -0.05) is 0 Å². The van der Waals surface area contributed by atoms with Gasteiger partial charge in [0.1, 0.15) is 0 Å². The topological polar surface area (TPSA) is 74.9 Å². The first kappa shape index (κ1) is 10.3. The Morgan fingerprint density at radius 3 is 3.13 bits per heavy atom. The highest BCUT2D eigenvalue weighted by molar-refractivity contribution is 7.99. The summed E-state index contributed by atoms with van der Waals surface area (Å²) >= 11 is 1.66. The quantitative estimate of drug-likeness (QED) is 0.418. The van der Waals surface area contributed by atoms with E-state index in [1.54, 1.807) is 18.0 Å². The molecule has 4 nitrogen and oxygen atoms in total. The number of anilines is 1. The number of nitrogens with two attached hydrogens (primary N) is 1. The number of H-pyrrole nitrogens is 1. The van der Waals surface area contributed by atoms with Crippen LogP contribution in [0.2, 0.25) is 0 Å². The van der Waals surface area contributed by atoms with E-state index in [0.717, 1.165) is 33.7 Å². The summed E-state index contributed by atoms with van der Waals surface area (Å²) in [5.41, 5.74) is 7.67. The Morgan fingerprint density at radius 1 is 1.47 bits per heavy atom. The van der Waals surface area contributed by atoms with E-state index in [4.69, 9.17) is 10.8 Å². The number of nitrogen functional groups attached to an aromatic ring is 1. The molecule has 15 heavy (non-hydrogen) atoms. The van der Waals surface area contributed by atoms with E-state index in [0.29, 0.717) is 0 Å². The molecule has 0 unspecified atom stereocenters. The van der Waals surface area contributed by atoms with E-state index in [2.05, 4.69) is 10.2 Å². The molecule has 0 aliphatic heterocycles. The van der Waals surface area contributed by atoms with Gasteiger partial charge in [-0.3, -0.25) is 5.10 Å². The van der Waals surface area contributed by atoms with E-state index >= 15 is 0 Å². The maximum Gasteiger partial charge on any atom is 0.0662 e. The van der Waals surface area contributed by atoms with E-state index in [1.807, 2.05) is 12.1 Å². The number of nitrogens with zero attached hydrogens (tertiary/aromatic N) is 1. The van der Waals surface area contributed by atoms with Gasteiger partial charge in [-0.05, 0) is 18.6 Å². The lowest BCUT2D eigenvalue weighted by Gasteiger charge is -2.04. The summed E-state index contributed by atoms with van der Waals surface area (Å²) in [4.78, 5) is 1.04. The number of aromatic nitrogens is 2. The molecule has 0 bridgehead atoms. The molecule has 80 valence electrons. The van der Waals surface area contributed by atoms with Gasteiger partial charge in [-0.25, -0.2) is 0 Å². The van der Waals surface area contributed by atoms with E-state index in [1.165, 1.54) is 0 Å². The highest BCUT2D eigenvalue weighted by Crippen LogP contribution is 2.29. The number of thioether (sulfide) groups is 1. The van der Waals surface area contributed by atoms with Crippen molar-refractivity contribution in [1.29, 1.82) is 0 Å². The van der Waals surface area contributed by atoms with Crippen LogP contribution in [0, 0.1) is 0 Å². The third-order valence-electron chi connectivity index (χ3n) is 2.13. The van der Waals surface area contributed by atoms with Crippen molar-refractivity contribution in [2.75, 3.05) is 18.1 Å². The SMILES string of the molecule is Nc1cc2cn[nH]c2cc1SCCCO.